The van der Waals surface area contributed by atoms with Crippen LogP contribution in [-0.2, 0) is 12.8 Å². The quantitative estimate of drug-likeness (QED) is 0.836. The molecule has 0 aromatic heterocycles. The Bertz CT molecular complexity index is 457. The fourth-order valence-corrected chi connectivity index (χ4v) is 3.87. The lowest BCUT2D eigenvalue weighted by atomic mass is 9.92. The maximum atomic E-state index is 6.40. The Morgan fingerprint density at radius 3 is 2.67 bits per heavy atom. The molecule has 116 valence electrons. The van der Waals surface area contributed by atoms with Crippen LogP contribution in [0.2, 0.25) is 0 Å². The third kappa shape index (κ3) is 3.79. The fourth-order valence-electron chi connectivity index (χ4n) is 3.87. The van der Waals surface area contributed by atoms with Crippen LogP contribution in [0.4, 0.5) is 0 Å². The number of benzene rings is 1. The predicted octanol–water partition coefficient (Wildman–Crippen LogP) is 4.26. The average molecular weight is 287 g/mol. The minimum absolute atomic E-state index is 0.342. The number of nitrogens with one attached hydrogen (secondary N) is 1. The van der Waals surface area contributed by atoms with Crippen LogP contribution < -0.4 is 10.1 Å². The standard InChI is InChI=1S/C19H29NO/c1-2-20-18-10-4-3-5-11-19(18)21-17-13-12-15-8-6-7-9-16(15)14-17/h12-14,18-20H,2-11H2,1H3. The molecular weight excluding hydrogens is 258 g/mol. The summed E-state index contributed by atoms with van der Waals surface area (Å²) in [7, 11) is 0. The summed E-state index contributed by atoms with van der Waals surface area (Å²) >= 11 is 0. The zero-order chi connectivity index (χ0) is 14.5. The lowest BCUT2D eigenvalue weighted by Crippen LogP contribution is -2.42. The molecule has 2 nitrogen and oxygen atoms in total. The first kappa shape index (κ1) is 14.9. The van der Waals surface area contributed by atoms with Crippen molar-refractivity contribution in [3.63, 3.8) is 0 Å². The molecule has 3 rings (SSSR count). The van der Waals surface area contributed by atoms with Gasteiger partial charge in [0.15, 0.2) is 0 Å². The number of fused-ring (bicyclic) bond motifs is 1. The smallest absolute Gasteiger partial charge is 0.120 e. The van der Waals surface area contributed by atoms with Gasteiger partial charge in [0.25, 0.3) is 0 Å². The molecule has 0 amide bonds. The van der Waals surface area contributed by atoms with Gasteiger partial charge in [-0.3, -0.25) is 0 Å². The number of hydrogen-bond acceptors (Lipinski definition) is 2. The average Bonchev–Trinajstić information content (AvgIpc) is 2.73. The van der Waals surface area contributed by atoms with Crippen LogP contribution in [0, 0.1) is 0 Å². The summed E-state index contributed by atoms with van der Waals surface area (Å²) < 4.78 is 6.40. The van der Waals surface area contributed by atoms with E-state index < -0.39 is 0 Å². The van der Waals surface area contributed by atoms with Gasteiger partial charge in [0.05, 0.1) is 0 Å². The van der Waals surface area contributed by atoms with E-state index in [9.17, 15) is 0 Å². The van der Waals surface area contributed by atoms with Gasteiger partial charge in [-0.05, 0) is 74.8 Å². The van der Waals surface area contributed by atoms with Crippen molar-refractivity contribution in [3.8, 4) is 5.75 Å². The van der Waals surface area contributed by atoms with E-state index in [1.165, 1.54) is 68.9 Å². The number of aryl methyl sites for hydroxylation is 2. The summed E-state index contributed by atoms with van der Waals surface area (Å²) in [5, 5.41) is 3.63. The van der Waals surface area contributed by atoms with E-state index in [0.29, 0.717) is 12.1 Å². The molecule has 1 aromatic rings. The summed E-state index contributed by atoms with van der Waals surface area (Å²) in [6.07, 6.45) is 11.9. The molecule has 2 aliphatic rings. The van der Waals surface area contributed by atoms with Crippen molar-refractivity contribution in [2.45, 2.75) is 76.9 Å². The molecule has 2 aliphatic carbocycles. The van der Waals surface area contributed by atoms with Gasteiger partial charge < -0.3 is 10.1 Å². The van der Waals surface area contributed by atoms with Crippen molar-refractivity contribution >= 4 is 0 Å². The molecule has 0 radical (unpaired) electrons. The van der Waals surface area contributed by atoms with Gasteiger partial charge in [-0.25, -0.2) is 0 Å². The van der Waals surface area contributed by atoms with Crippen molar-refractivity contribution in [1.82, 2.24) is 5.32 Å². The molecule has 0 heterocycles. The van der Waals surface area contributed by atoms with E-state index in [2.05, 4.69) is 30.4 Å². The first-order chi connectivity index (χ1) is 10.4. The Kier molecular flexibility index (Phi) is 5.18. The minimum Gasteiger partial charge on any atom is -0.489 e. The number of hydrogen-bond donors (Lipinski definition) is 1. The third-order valence-electron chi connectivity index (χ3n) is 5.03. The van der Waals surface area contributed by atoms with Crippen LogP contribution in [0.5, 0.6) is 5.75 Å². The maximum Gasteiger partial charge on any atom is 0.120 e. The largest absolute Gasteiger partial charge is 0.489 e. The molecular formula is C19H29NO. The van der Waals surface area contributed by atoms with Crippen molar-refractivity contribution in [1.29, 1.82) is 0 Å². The monoisotopic (exact) mass is 287 g/mol. The Labute approximate surface area is 129 Å². The highest BCUT2D eigenvalue weighted by atomic mass is 16.5. The van der Waals surface area contributed by atoms with Crippen molar-refractivity contribution < 1.29 is 4.74 Å². The van der Waals surface area contributed by atoms with E-state index in [1.807, 2.05) is 0 Å². The van der Waals surface area contributed by atoms with E-state index >= 15 is 0 Å². The summed E-state index contributed by atoms with van der Waals surface area (Å²) in [6, 6.07) is 7.32. The second kappa shape index (κ2) is 7.31. The minimum atomic E-state index is 0.342. The van der Waals surface area contributed by atoms with Crippen molar-refractivity contribution in [2.24, 2.45) is 0 Å². The molecule has 2 heteroatoms. The zero-order valence-electron chi connectivity index (χ0n) is 13.4. The van der Waals surface area contributed by atoms with Crippen LogP contribution in [-0.4, -0.2) is 18.7 Å². The molecule has 1 saturated carbocycles. The fraction of sp³-hybridized carbons (Fsp3) is 0.684. The molecule has 1 N–H and O–H groups in total. The van der Waals surface area contributed by atoms with Crippen LogP contribution in [0.25, 0.3) is 0 Å². The van der Waals surface area contributed by atoms with E-state index in [4.69, 9.17) is 4.74 Å². The number of ether oxygens (including phenoxy) is 1. The van der Waals surface area contributed by atoms with Crippen molar-refractivity contribution in [2.75, 3.05) is 6.54 Å². The topological polar surface area (TPSA) is 21.3 Å². The Morgan fingerprint density at radius 1 is 1.00 bits per heavy atom. The Morgan fingerprint density at radius 2 is 1.81 bits per heavy atom. The summed E-state index contributed by atoms with van der Waals surface area (Å²) in [5.41, 5.74) is 3.06. The maximum absolute atomic E-state index is 6.40. The first-order valence-electron chi connectivity index (χ1n) is 8.88. The molecule has 1 fully saturated rings. The lowest BCUT2D eigenvalue weighted by molar-refractivity contribution is 0.145. The second-order valence-corrected chi connectivity index (χ2v) is 6.60. The van der Waals surface area contributed by atoms with E-state index in [1.54, 1.807) is 0 Å². The Balaban J connectivity index is 1.71. The van der Waals surface area contributed by atoms with Gasteiger partial charge in [0.1, 0.15) is 11.9 Å². The van der Waals surface area contributed by atoms with E-state index in [-0.39, 0.29) is 0 Å². The lowest BCUT2D eigenvalue weighted by Gasteiger charge is -2.27. The van der Waals surface area contributed by atoms with Gasteiger partial charge in [-0.2, -0.15) is 0 Å². The van der Waals surface area contributed by atoms with Gasteiger partial charge in [0.2, 0.25) is 0 Å². The van der Waals surface area contributed by atoms with Gasteiger partial charge in [-0.1, -0.05) is 25.8 Å². The number of likely N-dealkylation sites (N-methyl/N-ethyl adjacent to an activating group) is 1. The molecule has 2 atom stereocenters. The summed E-state index contributed by atoms with van der Waals surface area (Å²) in [4.78, 5) is 0. The zero-order valence-corrected chi connectivity index (χ0v) is 13.4. The second-order valence-electron chi connectivity index (χ2n) is 6.60. The highest BCUT2D eigenvalue weighted by Gasteiger charge is 2.24. The van der Waals surface area contributed by atoms with Crippen LogP contribution >= 0.6 is 0 Å². The van der Waals surface area contributed by atoms with Gasteiger partial charge >= 0.3 is 0 Å². The first-order valence-corrected chi connectivity index (χ1v) is 8.88. The SMILES string of the molecule is CCNC1CCCCCC1Oc1ccc2c(c1)CCCC2. The predicted molar refractivity (Wildman–Crippen MR) is 88.0 cm³/mol. The normalized spacial score (nSPS) is 26.0. The molecule has 0 spiro atoms. The van der Waals surface area contributed by atoms with Crippen LogP contribution in [0.1, 0.15) is 63.0 Å². The summed E-state index contributed by atoms with van der Waals surface area (Å²) in [5.74, 6) is 1.09. The highest BCUT2D eigenvalue weighted by molar-refractivity contribution is 5.37. The van der Waals surface area contributed by atoms with E-state index in [0.717, 1.165) is 12.3 Å². The third-order valence-corrected chi connectivity index (χ3v) is 5.03. The van der Waals surface area contributed by atoms with Crippen LogP contribution in [0.15, 0.2) is 18.2 Å². The number of rotatable bonds is 4. The van der Waals surface area contributed by atoms with Crippen molar-refractivity contribution in [3.05, 3.63) is 29.3 Å². The Hall–Kier alpha value is -1.02. The highest BCUT2D eigenvalue weighted by Crippen LogP contribution is 2.28. The van der Waals surface area contributed by atoms with Gasteiger partial charge in [-0.15, -0.1) is 0 Å². The molecule has 21 heavy (non-hydrogen) atoms. The molecule has 1 aromatic carbocycles. The molecule has 2 unspecified atom stereocenters. The van der Waals surface area contributed by atoms with Crippen LogP contribution in [0.3, 0.4) is 0 Å². The molecule has 0 saturated heterocycles. The molecule has 0 bridgehead atoms. The van der Waals surface area contributed by atoms with Gasteiger partial charge in [0, 0.05) is 6.04 Å². The summed E-state index contributed by atoms with van der Waals surface area (Å²) in [6.45, 7) is 3.23. The molecule has 0 aliphatic heterocycles.